The van der Waals surface area contributed by atoms with E-state index < -0.39 is 0 Å². The number of hydrazone groups is 1. The Morgan fingerprint density at radius 3 is 2.62 bits per heavy atom. The minimum atomic E-state index is -0.356. The molecule has 132 valence electrons. The number of benzene rings is 2. The van der Waals surface area contributed by atoms with E-state index in [9.17, 15) is 4.79 Å². The van der Waals surface area contributed by atoms with E-state index in [1.807, 2.05) is 62.4 Å². The molecule has 0 bridgehead atoms. The number of H-pyrrole nitrogens is 1. The standard InChI is InChI=1S/C20H20N4O2/c1-13-8-10-15(11-9-13)14(2)21-24-20(25)18-12-17(22-23-18)16-6-4-5-7-19(16)26-3/h4-12H,1-3H3,(H,22,23)(H,24,25)/b21-14+. The number of rotatable bonds is 5. The highest BCUT2D eigenvalue weighted by Gasteiger charge is 2.13. The molecule has 0 saturated carbocycles. The lowest BCUT2D eigenvalue weighted by Crippen LogP contribution is -2.19. The first kappa shape index (κ1) is 17.4. The number of hydrogen-bond acceptors (Lipinski definition) is 4. The van der Waals surface area contributed by atoms with Crippen LogP contribution >= 0.6 is 0 Å². The molecule has 0 radical (unpaired) electrons. The number of carbonyl (C=O) groups is 1. The molecule has 0 fully saturated rings. The van der Waals surface area contributed by atoms with Gasteiger partial charge in [0, 0.05) is 5.56 Å². The Hall–Kier alpha value is -3.41. The number of nitrogens with zero attached hydrogens (tertiary/aromatic N) is 2. The van der Waals surface area contributed by atoms with Gasteiger partial charge in [0.1, 0.15) is 11.4 Å². The van der Waals surface area contributed by atoms with Gasteiger partial charge in [-0.05, 0) is 37.6 Å². The molecule has 26 heavy (non-hydrogen) atoms. The fourth-order valence-corrected chi connectivity index (χ4v) is 2.49. The van der Waals surface area contributed by atoms with Crippen molar-refractivity contribution in [3.63, 3.8) is 0 Å². The zero-order valence-corrected chi connectivity index (χ0v) is 14.9. The highest BCUT2D eigenvalue weighted by molar-refractivity contribution is 6.00. The Morgan fingerprint density at radius 2 is 1.88 bits per heavy atom. The summed E-state index contributed by atoms with van der Waals surface area (Å²) < 4.78 is 5.33. The van der Waals surface area contributed by atoms with Crippen molar-refractivity contribution >= 4 is 11.6 Å². The van der Waals surface area contributed by atoms with Crippen LogP contribution in [0.25, 0.3) is 11.3 Å². The number of methoxy groups -OCH3 is 1. The minimum absolute atomic E-state index is 0.325. The van der Waals surface area contributed by atoms with Crippen LogP contribution in [-0.4, -0.2) is 28.9 Å². The number of carbonyl (C=O) groups excluding carboxylic acids is 1. The van der Waals surface area contributed by atoms with Gasteiger partial charge in [-0.25, -0.2) is 5.43 Å². The first-order valence-corrected chi connectivity index (χ1v) is 8.19. The van der Waals surface area contributed by atoms with Crippen molar-refractivity contribution in [3.8, 4) is 17.0 Å². The third kappa shape index (κ3) is 3.80. The van der Waals surface area contributed by atoms with E-state index in [1.54, 1.807) is 13.2 Å². The molecule has 0 atom stereocenters. The first-order chi connectivity index (χ1) is 12.6. The van der Waals surface area contributed by atoms with Gasteiger partial charge in [-0.1, -0.05) is 42.0 Å². The van der Waals surface area contributed by atoms with E-state index in [1.165, 1.54) is 5.56 Å². The lowest BCUT2D eigenvalue weighted by molar-refractivity contribution is 0.0950. The second kappa shape index (κ2) is 7.65. The average Bonchev–Trinajstić information content (AvgIpc) is 3.16. The summed E-state index contributed by atoms with van der Waals surface area (Å²) in [6.45, 7) is 3.87. The molecule has 0 spiro atoms. The van der Waals surface area contributed by atoms with Gasteiger partial charge in [0.25, 0.3) is 5.91 Å². The second-order valence-electron chi connectivity index (χ2n) is 5.87. The van der Waals surface area contributed by atoms with E-state index in [2.05, 4.69) is 20.7 Å². The fourth-order valence-electron chi connectivity index (χ4n) is 2.49. The van der Waals surface area contributed by atoms with Gasteiger partial charge in [0.15, 0.2) is 0 Å². The van der Waals surface area contributed by atoms with E-state index in [0.717, 1.165) is 16.8 Å². The smallest absolute Gasteiger partial charge is 0.289 e. The van der Waals surface area contributed by atoms with Gasteiger partial charge in [0.05, 0.1) is 18.5 Å². The normalized spacial score (nSPS) is 11.3. The Balaban J connectivity index is 1.74. The Labute approximate surface area is 151 Å². The number of hydrogen-bond donors (Lipinski definition) is 2. The molecule has 2 aromatic carbocycles. The fraction of sp³-hybridized carbons (Fsp3) is 0.150. The SMILES string of the molecule is COc1ccccc1-c1cc(C(=O)N/N=C(\C)c2ccc(C)cc2)[nH]n1. The molecule has 1 heterocycles. The summed E-state index contributed by atoms with van der Waals surface area (Å²) in [5.41, 5.74) is 7.17. The van der Waals surface area contributed by atoms with Crippen molar-refractivity contribution < 1.29 is 9.53 Å². The van der Waals surface area contributed by atoms with Crippen LogP contribution < -0.4 is 10.2 Å². The molecule has 0 aliphatic heterocycles. The quantitative estimate of drug-likeness (QED) is 0.547. The molecule has 0 aliphatic carbocycles. The summed E-state index contributed by atoms with van der Waals surface area (Å²) in [5.74, 6) is 0.337. The van der Waals surface area contributed by atoms with E-state index in [-0.39, 0.29) is 5.91 Å². The molecule has 3 aromatic rings. The molecule has 6 nitrogen and oxygen atoms in total. The number of aromatic amines is 1. The maximum absolute atomic E-state index is 12.3. The molecule has 3 rings (SSSR count). The maximum atomic E-state index is 12.3. The Bertz CT molecular complexity index is 942. The molecule has 0 unspecified atom stereocenters. The van der Waals surface area contributed by atoms with Crippen LogP contribution in [0.4, 0.5) is 0 Å². The zero-order valence-electron chi connectivity index (χ0n) is 14.9. The van der Waals surface area contributed by atoms with Crippen LogP contribution in [-0.2, 0) is 0 Å². The van der Waals surface area contributed by atoms with Gasteiger partial charge >= 0.3 is 0 Å². The molecular weight excluding hydrogens is 328 g/mol. The monoisotopic (exact) mass is 348 g/mol. The summed E-state index contributed by atoms with van der Waals surface area (Å²) in [6.07, 6.45) is 0. The Kier molecular flexibility index (Phi) is 5.12. The van der Waals surface area contributed by atoms with Gasteiger partial charge in [-0.15, -0.1) is 0 Å². The summed E-state index contributed by atoms with van der Waals surface area (Å²) >= 11 is 0. The van der Waals surface area contributed by atoms with Crippen LogP contribution in [0, 0.1) is 6.92 Å². The van der Waals surface area contributed by atoms with Crippen LogP contribution in [0.5, 0.6) is 5.75 Å². The van der Waals surface area contributed by atoms with Crippen molar-refractivity contribution in [2.45, 2.75) is 13.8 Å². The lowest BCUT2D eigenvalue weighted by atomic mass is 10.1. The second-order valence-corrected chi connectivity index (χ2v) is 5.87. The largest absolute Gasteiger partial charge is 0.496 e. The highest BCUT2D eigenvalue weighted by Crippen LogP contribution is 2.28. The number of para-hydroxylation sites is 1. The molecule has 2 N–H and O–H groups in total. The zero-order chi connectivity index (χ0) is 18.5. The molecule has 0 aliphatic rings. The summed E-state index contributed by atoms with van der Waals surface area (Å²) in [5, 5.41) is 11.1. The van der Waals surface area contributed by atoms with Gasteiger partial charge < -0.3 is 4.74 Å². The topological polar surface area (TPSA) is 79.4 Å². The molecule has 6 heteroatoms. The van der Waals surface area contributed by atoms with Crippen LogP contribution in [0.15, 0.2) is 59.7 Å². The number of ether oxygens (including phenoxy) is 1. The highest BCUT2D eigenvalue weighted by atomic mass is 16.5. The third-order valence-corrected chi connectivity index (χ3v) is 4.00. The van der Waals surface area contributed by atoms with E-state index in [0.29, 0.717) is 17.1 Å². The van der Waals surface area contributed by atoms with Crippen molar-refractivity contribution in [2.75, 3.05) is 7.11 Å². The van der Waals surface area contributed by atoms with Crippen LogP contribution in [0.1, 0.15) is 28.5 Å². The lowest BCUT2D eigenvalue weighted by Gasteiger charge is -2.04. The molecule has 1 aromatic heterocycles. The summed E-state index contributed by atoms with van der Waals surface area (Å²) in [7, 11) is 1.60. The van der Waals surface area contributed by atoms with E-state index in [4.69, 9.17) is 4.74 Å². The average molecular weight is 348 g/mol. The van der Waals surface area contributed by atoms with Crippen LogP contribution in [0.3, 0.4) is 0 Å². The predicted molar refractivity (Wildman–Crippen MR) is 101 cm³/mol. The van der Waals surface area contributed by atoms with Crippen molar-refractivity contribution in [1.82, 2.24) is 15.6 Å². The van der Waals surface area contributed by atoms with Gasteiger partial charge in [0.2, 0.25) is 0 Å². The molecule has 0 saturated heterocycles. The molecule has 1 amide bonds. The summed E-state index contributed by atoms with van der Waals surface area (Å²) in [4.78, 5) is 12.3. The number of amides is 1. The van der Waals surface area contributed by atoms with E-state index >= 15 is 0 Å². The van der Waals surface area contributed by atoms with Crippen molar-refractivity contribution in [1.29, 1.82) is 0 Å². The van der Waals surface area contributed by atoms with Gasteiger partial charge in [-0.2, -0.15) is 10.2 Å². The third-order valence-electron chi connectivity index (χ3n) is 4.00. The summed E-state index contributed by atoms with van der Waals surface area (Å²) in [6, 6.07) is 17.1. The predicted octanol–water partition coefficient (Wildman–Crippen LogP) is 3.55. The van der Waals surface area contributed by atoms with Crippen LogP contribution in [0.2, 0.25) is 0 Å². The number of nitrogens with one attached hydrogen (secondary N) is 2. The number of aromatic nitrogens is 2. The minimum Gasteiger partial charge on any atom is -0.496 e. The van der Waals surface area contributed by atoms with Crippen molar-refractivity contribution in [3.05, 3.63) is 71.4 Å². The maximum Gasteiger partial charge on any atom is 0.289 e. The van der Waals surface area contributed by atoms with Crippen molar-refractivity contribution in [2.24, 2.45) is 5.10 Å². The van der Waals surface area contributed by atoms with Gasteiger partial charge in [-0.3, -0.25) is 9.89 Å². The molecular formula is C20H20N4O2. The number of aryl methyl sites for hydroxylation is 1. The Morgan fingerprint density at radius 1 is 1.15 bits per heavy atom. The first-order valence-electron chi connectivity index (χ1n) is 8.19.